The van der Waals surface area contributed by atoms with E-state index in [-0.39, 0.29) is 106 Å². The summed E-state index contributed by atoms with van der Waals surface area (Å²) in [5, 5.41) is 116. The number of carbonyl (C=O) groups excluding carboxylic acids is 18. The lowest BCUT2D eigenvalue weighted by Crippen LogP contribution is -2.62. The third kappa shape index (κ3) is 40.7. The third-order valence-corrected chi connectivity index (χ3v) is 22.3. The molecule has 50 heteroatoms. The fraction of sp³-hybridized carbons (Fsp3) is 0.500. The van der Waals surface area contributed by atoms with Gasteiger partial charge in [0.05, 0.1) is 44.7 Å². The van der Waals surface area contributed by atoms with Crippen molar-refractivity contribution in [3.05, 3.63) is 125 Å². The number of hydrogen-bond acceptors (Lipinski definition) is 29. The van der Waals surface area contributed by atoms with Crippen molar-refractivity contribution in [1.29, 1.82) is 0 Å². The van der Waals surface area contributed by atoms with Gasteiger partial charge >= 0.3 is 17.9 Å². The van der Waals surface area contributed by atoms with Crippen LogP contribution in [0.1, 0.15) is 139 Å². The topological polar surface area (TPSA) is 834 Å². The molecular weight excluding hydrogens is 1840 g/mol. The van der Waals surface area contributed by atoms with Crippen molar-refractivity contribution in [1.82, 2.24) is 84.7 Å². The number of nitrogens with zero attached hydrogens (tertiary/aromatic N) is 1. The normalized spacial score (nSPS) is 15.3. The molecule has 0 radical (unpaired) electrons. The Hall–Kier alpha value is -15.1. The highest BCUT2D eigenvalue weighted by Crippen LogP contribution is 2.23. The van der Waals surface area contributed by atoms with Crippen LogP contribution in [0.4, 0.5) is 0 Å². The monoisotopic (exact) mass is 1970 g/mol. The molecule has 50 nitrogen and oxygen atoms in total. The number of amides is 18. The van der Waals surface area contributed by atoms with Crippen molar-refractivity contribution in [3.8, 4) is 17.2 Å². The molecule has 1 heterocycles. The van der Waals surface area contributed by atoms with Gasteiger partial charge in [-0.05, 0) is 149 Å². The maximum Gasteiger partial charge on any atom is 0.322 e. The van der Waals surface area contributed by atoms with Crippen LogP contribution < -0.4 is 108 Å². The van der Waals surface area contributed by atoms with Crippen molar-refractivity contribution < 1.29 is 142 Å². The maximum atomic E-state index is 15.0. The van der Waals surface area contributed by atoms with E-state index >= 15 is 0 Å². The summed E-state index contributed by atoms with van der Waals surface area (Å²) in [6.07, 6.45) is -6.36. The first kappa shape index (κ1) is 115. The van der Waals surface area contributed by atoms with Gasteiger partial charge in [-0.2, -0.15) is 0 Å². The molecule has 4 aromatic rings. The number of nitrogens with two attached hydrogens (primary N) is 5. The highest BCUT2D eigenvalue weighted by Gasteiger charge is 2.42. The Balaban J connectivity index is 1.33. The van der Waals surface area contributed by atoms with E-state index < -0.39 is 292 Å². The molecule has 33 N–H and O–H groups in total. The molecule has 0 aromatic heterocycles. The number of carboxylic acid groups (broad SMARTS) is 3. The first-order valence-corrected chi connectivity index (χ1v) is 45.1. The minimum Gasteiger partial charge on any atom is -0.508 e. The smallest absolute Gasteiger partial charge is 0.322 e. The van der Waals surface area contributed by atoms with Gasteiger partial charge in [-0.25, -0.2) is 0 Å². The lowest BCUT2D eigenvalue weighted by Gasteiger charge is -2.31. The Labute approximate surface area is 803 Å². The SMILES string of the molecule is CC[C@H](C)[C@H](NC(=O)[C@@H](N)CCC(=O)O)C(=O)N[C@@H](Cc1ccc(O)cc1)C(=O)N1CCC[C@H]1C(=O)NCC(=O)N[C@@H](CO)C(=O)NCC(=O)N[C@@H](CC(N)=O)C(=O)N[C@H](C(=O)N[C@@H](Cc1ccc(O)cc1)C(=O)N[C@@H](Cc1ccc(O)cc1)C(=O)N[C@@H](CC(N)=O)C(=O)N[C@@H](CCC(=O)O)C(=O)N[C@@H](CCCCN)C(=O)N[C@@H](Cc1ccccc1)C(=O)N[C@@H](CCCCN)C(=O)NCC(=O)O)[C@@H](C)O. The number of hydrogen-bond donors (Lipinski definition) is 28. The standard InChI is InChI=1S/C90H127N21O29/c1-4-47(2)75(109-77(127)56(93)30-32-72(121)122)88(138)108-65(40-52-22-28-55(116)29-23-52)90(140)111-36-12-17-67(111)87(137)97-44-71(120)100-66(46-112)79(129)96-43-70(119)99-63(41-68(94)117)86(136)110-76(48(3)113)89(139)107-62(39-51-20-26-54(115)27-21-51)84(134)105-61(38-50-18-24-53(114)25-19-50)83(133)106-64(42-69(95)118)85(135)103-59(31-33-73(123)124)81(131)102-58(16-9-11-35-92)80(130)104-60(37-49-13-6-5-7-14-49)82(132)101-57(15-8-10-34-91)78(128)98-45-74(125)126/h5-7,13-14,18-29,47-48,56-67,75-76,112-116H,4,8-12,15-17,30-46,91-93H2,1-3H3,(H2,94,117)(H2,95,118)(H,96,129)(H,97,137)(H,98,128)(H,99,119)(H,100,120)(H,101,132)(H,102,131)(H,103,135)(H,104,130)(H,105,134)(H,106,133)(H,107,139)(H,108,138)(H,109,127)(H,110,136)(H,121,122)(H,123,124)(H,125,126)/t47-,48+,56-,57-,58-,59-,60-,61-,62-,63-,64-,65-,66-,67-,75-,76-/m0/s1. The van der Waals surface area contributed by atoms with Gasteiger partial charge < -0.3 is 154 Å². The molecule has 16 atom stereocenters. The minimum absolute atomic E-state index is 0.0119. The number of unbranched alkanes of at least 4 members (excludes halogenated alkanes) is 2. The fourth-order valence-corrected chi connectivity index (χ4v) is 14.4. The second-order valence-corrected chi connectivity index (χ2v) is 33.4. The van der Waals surface area contributed by atoms with Crippen molar-refractivity contribution in [3.63, 3.8) is 0 Å². The van der Waals surface area contributed by atoms with Gasteiger partial charge in [-0.3, -0.25) is 101 Å². The van der Waals surface area contributed by atoms with Gasteiger partial charge in [-0.15, -0.1) is 0 Å². The van der Waals surface area contributed by atoms with Crippen LogP contribution in [0.2, 0.25) is 0 Å². The van der Waals surface area contributed by atoms with Crippen LogP contribution in [0.15, 0.2) is 103 Å². The van der Waals surface area contributed by atoms with Crippen molar-refractivity contribution in [2.24, 2.45) is 34.6 Å². The minimum atomic E-state index is -2.15. The highest BCUT2D eigenvalue weighted by atomic mass is 16.4. The zero-order valence-corrected chi connectivity index (χ0v) is 77.4. The summed E-state index contributed by atoms with van der Waals surface area (Å²) in [7, 11) is 0. The lowest BCUT2D eigenvalue weighted by molar-refractivity contribution is -0.142. The molecule has 5 rings (SSSR count). The molecule has 0 unspecified atom stereocenters. The number of rotatable bonds is 62. The van der Waals surface area contributed by atoms with Crippen molar-refractivity contribution >= 4 is 124 Å². The van der Waals surface area contributed by atoms with Gasteiger partial charge in [0.15, 0.2) is 0 Å². The number of carbonyl (C=O) groups is 21. The molecule has 0 aliphatic carbocycles. The van der Waals surface area contributed by atoms with Crippen LogP contribution in [-0.2, 0) is 126 Å². The lowest BCUT2D eigenvalue weighted by atomic mass is 9.96. The van der Waals surface area contributed by atoms with Gasteiger partial charge in [0, 0.05) is 45.1 Å². The molecule has 1 aliphatic rings. The predicted octanol–water partition coefficient (Wildman–Crippen LogP) is -8.20. The summed E-state index contributed by atoms with van der Waals surface area (Å²) in [6, 6.07) is 0.121. The van der Waals surface area contributed by atoms with Crippen LogP contribution in [0, 0.1) is 5.92 Å². The van der Waals surface area contributed by atoms with Crippen LogP contribution in [0.25, 0.3) is 0 Å². The van der Waals surface area contributed by atoms with E-state index in [1.807, 2.05) is 0 Å². The Morgan fingerprint density at radius 3 is 1.19 bits per heavy atom. The van der Waals surface area contributed by atoms with E-state index in [9.17, 15) is 136 Å². The number of carboxylic acids is 3. The number of aliphatic hydroxyl groups excluding tert-OH is 2. The highest BCUT2D eigenvalue weighted by molar-refractivity contribution is 6.02. The summed E-state index contributed by atoms with van der Waals surface area (Å²) in [5.74, 6) is -25.6. The van der Waals surface area contributed by atoms with E-state index in [4.69, 9.17) is 33.8 Å². The van der Waals surface area contributed by atoms with Gasteiger partial charge in [-0.1, -0.05) is 87.0 Å². The average molecular weight is 1970 g/mol. The van der Waals surface area contributed by atoms with Gasteiger partial charge in [0.1, 0.15) is 102 Å². The van der Waals surface area contributed by atoms with Crippen molar-refractivity contribution in [2.45, 2.75) is 233 Å². The molecule has 18 amide bonds. The van der Waals surface area contributed by atoms with Crippen LogP contribution in [-0.4, -0.2) is 307 Å². The zero-order valence-electron chi connectivity index (χ0n) is 77.4. The molecule has 0 saturated carbocycles. The number of nitrogens with one attached hydrogen (secondary N) is 15. The Bertz CT molecular complexity index is 4940. The number of aromatic hydroxyl groups is 3. The molecule has 1 aliphatic heterocycles. The number of likely N-dealkylation sites (tertiary alicyclic amines) is 1. The first-order chi connectivity index (χ1) is 66.3. The van der Waals surface area contributed by atoms with Crippen molar-refractivity contribution in [2.75, 3.05) is 45.9 Å². The molecule has 1 fully saturated rings. The van der Waals surface area contributed by atoms with Crippen LogP contribution in [0.3, 0.4) is 0 Å². The van der Waals surface area contributed by atoms with Gasteiger partial charge in [0.2, 0.25) is 106 Å². The Kier molecular flexibility index (Phi) is 48.8. The Morgan fingerprint density at radius 2 is 0.743 bits per heavy atom. The van der Waals surface area contributed by atoms with E-state index in [1.54, 1.807) is 44.2 Å². The average Bonchev–Trinajstić information content (AvgIpc) is 1.62. The molecule has 1 saturated heterocycles. The summed E-state index contributed by atoms with van der Waals surface area (Å²) in [5.41, 5.74) is 29.8. The number of phenolic OH excluding ortho intramolecular Hbond substituents is 3. The maximum absolute atomic E-state index is 15.0. The molecule has 0 spiro atoms. The molecule has 766 valence electrons. The number of aliphatic carboxylic acids is 3. The molecule has 0 bridgehead atoms. The number of benzene rings is 4. The molecular formula is C90H127N21O29. The van der Waals surface area contributed by atoms with Crippen LogP contribution >= 0.6 is 0 Å². The summed E-state index contributed by atoms with van der Waals surface area (Å²) >= 11 is 0. The zero-order chi connectivity index (χ0) is 104. The predicted molar refractivity (Wildman–Crippen MR) is 494 cm³/mol. The van der Waals surface area contributed by atoms with E-state index in [1.165, 1.54) is 72.8 Å². The Morgan fingerprint density at radius 1 is 0.386 bits per heavy atom. The van der Waals surface area contributed by atoms with Crippen LogP contribution in [0.5, 0.6) is 17.2 Å². The summed E-state index contributed by atoms with van der Waals surface area (Å²) in [4.78, 5) is 287. The largest absolute Gasteiger partial charge is 0.508 e. The second-order valence-electron chi connectivity index (χ2n) is 33.4. The fourth-order valence-electron chi connectivity index (χ4n) is 14.4. The first-order valence-electron chi connectivity index (χ1n) is 45.1. The second kappa shape index (κ2) is 59.2. The summed E-state index contributed by atoms with van der Waals surface area (Å²) in [6.45, 7) is 0.727. The molecule has 140 heavy (non-hydrogen) atoms. The van der Waals surface area contributed by atoms with E-state index in [2.05, 4.69) is 79.8 Å². The number of aliphatic hydroxyl groups is 2. The van der Waals surface area contributed by atoms with Gasteiger partial charge in [0.25, 0.3) is 0 Å². The number of primary amides is 2. The quantitative estimate of drug-likeness (QED) is 0.0183. The third-order valence-electron chi connectivity index (χ3n) is 22.3. The van der Waals surface area contributed by atoms with E-state index in [0.29, 0.717) is 30.4 Å². The number of phenols is 3. The summed E-state index contributed by atoms with van der Waals surface area (Å²) < 4.78 is 0. The molecule has 4 aromatic carbocycles. The van der Waals surface area contributed by atoms with E-state index in [0.717, 1.165) is 11.8 Å².